The summed E-state index contributed by atoms with van der Waals surface area (Å²) in [6.45, 7) is 1.09. The molecule has 1 aliphatic heterocycles. The van der Waals surface area contributed by atoms with Crippen LogP contribution >= 0.6 is 0 Å². The van der Waals surface area contributed by atoms with Gasteiger partial charge in [0, 0.05) is 49.8 Å². The maximum absolute atomic E-state index is 13.4. The molecule has 2 atom stereocenters. The summed E-state index contributed by atoms with van der Waals surface area (Å²) < 4.78 is 40.2. The molecule has 1 unspecified atom stereocenters. The number of fused-ring (bicyclic) bond motifs is 1. The van der Waals surface area contributed by atoms with Gasteiger partial charge in [-0.05, 0) is 18.1 Å². The Bertz CT molecular complexity index is 770. The van der Waals surface area contributed by atoms with E-state index in [2.05, 4.69) is 15.6 Å². The number of hydrogen-bond acceptors (Lipinski definition) is 4. The fourth-order valence-corrected chi connectivity index (χ4v) is 3.40. The van der Waals surface area contributed by atoms with E-state index in [1.165, 1.54) is 4.90 Å². The zero-order chi connectivity index (χ0) is 19.4. The number of aromatic amines is 1. The second kappa shape index (κ2) is 8.28. The third kappa shape index (κ3) is 4.79. The molecule has 148 valence electrons. The minimum Gasteiger partial charge on any atom is -0.361 e. The Kier molecular flexibility index (Phi) is 6.03. The zero-order valence-corrected chi connectivity index (χ0v) is 14.9. The number of alkyl halides is 3. The Morgan fingerprint density at radius 3 is 2.67 bits per heavy atom. The molecule has 0 radical (unpaired) electrons. The highest BCUT2D eigenvalue weighted by Crippen LogP contribution is 2.25. The number of piperazine rings is 1. The number of para-hydroxylation sites is 1. The summed E-state index contributed by atoms with van der Waals surface area (Å²) in [5.41, 5.74) is 7.73. The Morgan fingerprint density at radius 2 is 1.96 bits per heavy atom. The Balaban J connectivity index is 1.59. The molecule has 0 aliphatic carbocycles. The van der Waals surface area contributed by atoms with Gasteiger partial charge in [-0.3, -0.25) is 9.69 Å². The Hall–Kier alpha value is -2.10. The summed E-state index contributed by atoms with van der Waals surface area (Å²) in [6, 6.07) is 4.97. The predicted octanol–water partition coefficient (Wildman–Crippen LogP) is 0.990. The highest BCUT2D eigenvalue weighted by Gasteiger charge is 2.44. The van der Waals surface area contributed by atoms with Crippen molar-refractivity contribution >= 4 is 16.8 Å². The molecule has 27 heavy (non-hydrogen) atoms. The number of amides is 1. The Labute approximate surface area is 155 Å². The van der Waals surface area contributed by atoms with E-state index in [0.29, 0.717) is 26.2 Å². The van der Waals surface area contributed by atoms with E-state index in [1.807, 2.05) is 24.3 Å². The van der Waals surface area contributed by atoms with Crippen molar-refractivity contribution in [3.63, 3.8) is 0 Å². The number of aromatic nitrogens is 1. The fraction of sp³-hybridized carbons (Fsp3) is 0.500. The zero-order valence-electron chi connectivity index (χ0n) is 14.9. The lowest BCUT2D eigenvalue weighted by molar-refractivity contribution is -0.184. The quantitative estimate of drug-likeness (QED) is 0.599. The number of carbonyl (C=O) groups is 1. The second-order valence-corrected chi connectivity index (χ2v) is 6.76. The van der Waals surface area contributed by atoms with E-state index in [-0.39, 0.29) is 6.42 Å². The summed E-state index contributed by atoms with van der Waals surface area (Å²) in [6.07, 6.45) is -2.39. The minimum atomic E-state index is -4.41. The molecule has 1 fully saturated rings. The van der Waals surface area contributed by atoms with Crippen molar-refractivity contribution < 1.29 is 18.0 Å². The highest BCUT2D eigenvalue weighted by molar-refractivity contribution is 5.86. The minimum absolute atomic E-state index is 0.250. The van der Waals surface area contributed by atoms with Crippen molar-refractivity contribution in [2.45, 2.75) is 24.7 Å². The first-order valence-electron chi connectivity index (χ1n) is 8.96. The summed E-state index contributed by atoms with van der Waals surface area (Å²) in [7, 11) is 0. The van der Waals surface area contributed by atoms with Gasteiger partial charge in [0.25, 0.3) is 0 Å². The van der Waals surface area contributed by atoms with Gasteiger partial charge in [0.2, 0.25) is 5.91 Å². The average Bonchev–Trinajstić information content (AvgIpc) is 3.04. The first-order chi connectivity index (χ1) is 12.9. The van der Waals surface area contributed by atoms with Crippen LogP contribution in [0.15, 0.2) is 30.5 Å². The molecule has 0 saturated carbocycles. The number of nitrogens with zero attached hydrogens (tertiary/aromatic N) is 1. The molecular weight excluding hydrogens is 359 g/mol. The molecule has 0 spiro atoms. The van der Waals surface area contributed by atoms with E-state index >= 15 is 0 Å². The van der Waals surface area contributed by atoms with Crippen LogP contribution < -0.4 is 16.4 Å². The first kappa shape index (κ1) is 19.7. The molecule has 1 aromatic heterocycles. The van der Waals surface area contributed by atoms with Crippen LogP contribution in [0, 0.1) is 0 Å². The summed E-state index contributed by atoms with van der Waals surface area (Å²) in [5, 5.41) is 6.37. The maximum atomic E-state index is 13.4. The molecule has 0 bridgehead atoms. The highest BCUT2D eigenvalue weighted by atomic mass is 19.4. The maximum Gasteiger partial charge on any atom is 0.405 e. The summed E-state index contributed by atoms with van der Waals surface area (Å²) in [5.74, 6) is -0.579. The lowest BCUT2D eigenvalue weighted by atomic mass is 10.0. The number of nitrogens with two attached hydrogens (primary N) is 1. The van der Waals surface area contributed by atoms with Crippen molar-refractivity contribution in [3.8, 4) is 0 Å². The Morgan fingerprint density at radius 1 is 1.26 bits per heavy atom. The van der Waals surface area contributed by atoms with E-state index in [9.17, 15) is 18.0 Å². The molecule has 2 aromatic rings. The largest absolute Gasteiger partial charge is 0.405 e. The van der Waals surface area contributed by atoms with Gasteiger partial charge in [-0.2, -0.15) is 13.2 Å². The molecule has 1 amide bonds. The standard InChI is InChI=1S/C18H24F3N5O/c19-18(20,21)16(26-7-5-23-6-8-26)11-25-17(27)14(22)9-12-10-24-15-4-2-1-3-13(12)15/h1-4,10,14,16,23-24H,5-9,11,22H2,(H,25,27)/t14-,16?/m0/s1. The first-order valence-corrected chi connectivity index (χ1v) is 8.96. The molecule has 3 rings (SSSR count). The SMILES string of the molecule is N[C@@H](Cc1c[nH]c2ccccc12)C(=O)NCC(N1CCNCC1)C(F)(F)F. The molecular formula is C18H24F3N5O. The van der Waals surface area contributed by atoms with Gasteiger partial charge in [-0.15, -0.1) is 0 Å². The molecule has 9 heteroatoms. The number of halogens is 3. The number of hydrogen-bond donors (Lipinski definition) is 4. The van der Waals surface area contributed by atoms with Gasteiger partial charge < -0.3 is 21.4 Å². The lowest BCUT2D eigenvalue weighted by Crippen LogP contribution is -2.58. The number of nitrogens with one attached hydrogen (secondary N) is 3. The third-order valence-electron chi connectivity index (χ3n) is 4.89. The topological polar surface area (TPSA) is 86.2 Å². The van der Waals surface area contributed by atoms with E-state index in [0.717, 1.165) is 16.5 Å². The normalized spacial score (nSPS) is 18.4. The van der Waals surface area contributed by atoms with Crippen molar-refractivity contribution in [1.29, 1.82) is 0 Å². The van der Waals surface area contributed by atoms with Crippen molar-refractivity contribution in [1.82, 2.24) is 20.5 Å². The van der Waals surface area contributed by atoms with Crippen LogP contribution in [0.2, 0.25) is 0 Å². The number of rotatable bonds is 6. The van der Waals surface area contributed by atoms with Gasteiger partial charge >= 0.3 is 6.18 Å². The summed E-state index contributed by atoms with van der Waals surface area (Å²) >= 11 is 0. The molecule has 5 N–H and O–H groups in total. The van der Waals surface area contributed by atoms with Crippen LogP contribution in [0.5, 0.6) is 0 Å². The number of H-pyrrole nitrogens is 1. The molecule has 6 nitrogen and oxygen atoms in total. The predicted molar refractivity (Wildman–Crippen MR) is 97.3 cm³/mol. The molecule has 1 aliphatic rings. The third-order valence-corrected chi connectivity index (χ3v) is 4.89. The van der Waals surface area contributed by atoms with E-state index < -0.39 is 30.7 Å². The van der Waals surface area contributed by atoms with Crippen molar-refractivity contribution in [2.24, 2.45) is 5.73 Å². The van der Waals surface area contributed by atoms with Gasteiger partial charge in [0.1, 0.15) is 6.04 Å². The van der Waals surface area contributed by atoms with Gasteiger partial charge in [-0.1, -0.05) is 18.2 Å². The van der Waals surface area contributed by atoms with Gasteiger partial charge in [0.05, 0.1) is 6.04 Å². The van der Waals surface area contributed by atoms with Crippen LogP contribution in [0.25, 0.3) is 10.9 Å². The number of carbonyl (C=O) groups excluding carboxylic acids is 1. The van der Waals surface area contributed by atoms with Gasteiger partial charge in [0.15, 0.2) is 0 Å². The molecule has 2 heterocycles. The molecule has 1 aromatic carbocycles. The van der Waals surface area contributed by atoms with Crippen LogP contribution in [0.4, 0.5) is 13.2 Å². The van der Waals surface area contributed by atoms with Crippen LogP contribution in [0.1, 0.15) is 5.56 Å². The van der Waals surface area contributed by atoms with Crippen LogP contribution in [0.3, 0.4) is 0 Å². The average molecular weight is 383 g/mol. The van der Waals surface area contributed by atoms with E-state index in [1.54, 1.807) is 6.20 Å². The second-order valence-electron chi connectivity index (χ2n) is 6.76. The fourth-order valence-electron chi connectivity index (χ4n) is 3.40. The van der Waals surface area contributed by atoms with Gasteiger partial charge in [-0.25, -0.2) is 0 Å². The molecule has 1 saturated heterocycles. The van der Waals surface area contributed by atoms with E-state index in [4.69, 9.17) is 5.73 Å². The lowest BCUT2D eigenvalue weighted by Gasteiger charge is -2.36. The number of benzene rings is 1. The smallest absolute Gasteiger partial charge is 0.361 e. The van der Waals surface area contributed by atoms with Crippen LogP contribution in [-0.4, -0.2) is 66.8 Å². The van der Waals surface area contributed by atoms with Crippen molar-refractivity contribution in [2.75, 3.05) is 32.7 Å². The monoisotopic (exact) mass is 383 g/mol. The van der Waals surface area contributed by atoms with Crippen LogP contribution in [-0.2, 0) is 11.2 Å². The van der Waals surface area contributed by atoms with Crippen molar-refractivity contribution in [3.05, 3.63) is 36.0 Å². The summed E-state index contributed by atoms with van der Waals surface area (Å²) in [4.78, 5) is 16.7.